The Kier molecular flexibility index (Phi) is 6.66. The molecule has 0 saturated heterocycles. The number of rotatable bonds is 6. The Hall–Kier alpha value is -3.77. The minimum absolute atomic E-state index is 0.0295. The number of hydrazine groups is 1. The summed E-state index contributed by atoms with van der Waals surface area (Å²) in [6, 6.07) is 18.8. The Morgan fingerprint density at radius 3 is 2.27 bits per heavy atom. The minimum Gasteiger partial charge on any atom is -0.284 e. The number of hydrogen-bond donors (Lipinski definition) is 3. The molecule has 33 heavy (non-hydrogen) atoms. The molecule has 0 radical (unpaired) electrons. The van der Waals surface area contributed by atoms with Gasteiger partial charge in [-0.25, -0.2) is 13.4 Å². The maximum atomic E-state index is 11.7. The molecule has 0 aliphatic rings. The van der Waals surface area contributed by atoms with E-state index < -0.39 is 10.0 Å². The van der Waals surface area contributed by atoms with Gasteiger partial charge in [-0.1, -0.05) is 24.0 Å². The molecule has 0 spiro atoms. The normalized spacial score (nSPS) is 11.1. The minimum atomic E-state index is -3.29. The van der Waals surface area contributed by atoms with Gasteiger partial charge in [0, 0.05) is 46.7 Å². The van der Waals surface area contributed by atoms with Crippen LogP contribution in [0.1, 0.15) is 23.6 Å². The highest BCUT2D eigenvalue weighted by atomic mass is 32.2. The summed E-state index contributed by atoms with van der Waals surface area (Å²) in [6.45, 7) is 2.11. The second-order valence-corrected chi connectivity index (χ2v) is 9.36. The Morgan fingerprint density at radius 2 is 1.64 bits per heavy atom. The monoisotopic (exact) mass is 457 g/mol. The van der Waals surface area contributed by atoms with Gasteiger partial charge in [-0.2, -0.15) is 0 Å². The van der Waals surface area contributed by atoms with E-state index in [-0.39, 0.29) is 5.75 Å². The third-order valence-electron chi connectivity index (χ3n) is 5.06. The number of hydrogen-bond acceptors (Lipinski definition) is 6. The first kappa shape index (κ1) is 22.4. The summed E-state index contributed by atoms with van der Waals surface area (Å²) in [5, 5.41) is 0.968. The van der Waals surface area contributed by atoms with Crippen LogP contribution in [0.3, 0.4) is 0 Å². The summed E-state index contributed by atoms with van der Waals surface area (Å²) >= 11 is 0. The van der Waals surface area contributed by atoms with E-state index in [0.29, 0.717) is 12.2 Å². The van der Waals surface area contributed by atoms with E-state index in [2.05, 4.69) is 27.0 Å². The Labute approximate surface area is 193 Å². The molecule has 0 aliphatic carbocycles. The van der Waals surface area contributed by atoms with Crippen LogP contribution in [0.5, 0.6) is 0 Å². The summed E-state index contributed by atoms with van der Waals surface area (Å²) in [5.41, 5.74) is 8.60. The Bertz CT molecular complexity index is 1440. The van der Waals surface area contributed by atoms with Crippen molar-refractivity contribution in [2.24, 2.45) is 5.84 Å². The molecule has 166 valence electrons. The molecule has 4 aromatic rings. The molecule has 4 rings (SSSR count). The average Bonchev–Trinajstić information content (AvgIpc) is 2.84. The van der Waals surface area contributed by atoms with Gasteiger partial charge in [0.05, 0.1) is 17.0 Å². The topological polar surface area (TPSA) is 110 Å². The van der Waals surface area contributed by atoms with E-state index in [1.807, 2.05) is 36.4 Å². The van der Waals surface area contributed by atoms with Crippen molar-refractivity contribution in [2.45, 2.75) is 13.5 Å². The zero-order chi connectivity index (χ0) is 23.3. The average molecular weight is 458 g/mol. The van der Waals surface area contributed by atoms with Crippen molar-refractivity contribution in [1.82, 2.24) is 15.4 Å². The van der Waals surface area contributed by atoms with Crippen LogP contribution in [0.25, 0.3) is 22.2 Å². The lowest BCUT2D eigenvalue weighted by atomic mass is 10.0. The second kappa shape index (κ2) is 9.79. The quantitative estimate of drug-likeness (QED) is 0.232. The van der Waals surface area contributed by atoms with Gasteiger partial charge < -0.3 is 0 Å². The van der Waals surface area contributed by atoms with Gasteiger partial charge in [-0.3, -0.25) is 21.0 Å². The van der Waals surface area contributed by atoms with E-state index >= 15 is 0 Å². The molecule has 0 amide bonds. The summed E-state index contributed by atoms with van der Waals surface area (Å²) in [4.78, 5) is 8.94. The molecule has 0 unspecified atom stereocenters. The van der Waals surface area contributed by atoms with E-state index in [1.54, 1.807) is 43.6 Å². The molecule has 8 heteroatoms. The number of aromatic nitrogens is 2. The van der Waals surface area contributed by atoms with Gasteiger partial charge in [-0.05, 0) is 61.0 Å². The molecule has 0 fully saturated rings. The largest absolute Gasteiger partial charge is 0.284 e. The van der Waals surface area contributed by atoms with Gasteiger partial charge in [0.2, 0.25) is 10.0 Å². The molecular formula is C25H23N5O2S. The smallest absolute Gasteiger partial charge is 0.232 e. The number of nitrogens with zero attached hydrogens (tertiary/aromatic N) is 2. The zero-order valence-corrected chi connectivity index (χ0v) is 18.9. The zero-order valence-electron chi connectivity index (χ0n) is 18.0. The van der Waals surface area contributed by atoms with Crippen molar-refractivity contribution in [3.8, 4) is 23.1 Å². The summed E-state index contributed by atoms with van der Waals surface area (Å²) in [7, 11) is -3.29. The van der Waals surface area contributed by atoms with Crippen LogP contribution in [0, 0.1) is 11.8 Å². The number of pyridine rings is 2. The van der Waals surface area contributed by atoms with Crippen LogP contribution >= 0.6 is 0 Å². The van der Waals surface area contributed by atoms with Crippen molar-refractivity contribution in [3.63, 3.8) is 0 Å². The highest BCUT2D eigenvalue weighted by Crippen LogP contribution is 2.24. The lowest BCUT2D eigenvalue weighted by Crippen LogP contribution is -2.21. The number of anilines is 1. The highest BCUT2D eigenvalue weighted by molar-refractivity contribution is 7.92. The molecule has 0 saturated carbocycles. The Morgan fingerprint density at radius 1 is 0.970 bits per heavy atom. The number of sulfonamides is 1. The molecule has 0 bridgehead atoms. The third kappa shape index (κ3) is 5.54. The fraction of sp³-hybridized carbons (Fsp3) is 0.120. The van der Waals surface area contributed by atoms with E-state index in [0.717, 1.165) is 38.9 Å². The van der Waals surface area contributed by atoms with Gasteiger partial charge in [0.15, 0.2) is 0 Å². The van der Waals surface area contributed by atoms with Crippen molar-refractivity contribution in [3.05, 3.63) is 89.7 Å². The maximum Gasteiger partial charge on any atom is 0.232 e. The lowest BCUT2D eigenvalue weighted by molar-refractivity contribution is 0.602. The summed E-state index contributed by atoms with van der Waals surface area (Å²) in [5.74, 6) is 11.8. The van der Waals surface area contributed by atoms with Gasteiger partial charge in [0.1, 0.15) is 0 Å². The fourth-order valence-electron chi connectivity index (χ4n) is 3.28. The number of fused-ring (bicyclic) bond motifs is 1. The first-order valence-corrected chi connectivity index (χ1v) is 12.0. The van der Waals surface area contributed by atoms with Crippen molar-refractivity contribution in [2.75, 3.05) is 10.5 Å². The molecule has 2 aromatic heterocycles. The molecule has 0 aliphatic heterocycles. The molecule has 7 nitrogen and oxygen atoms in total. The van der Waals surface area contributed by atoms with Crippen LogP contribution in [0.2, 0.25) is 0 Å². The first-order valence-electron chi connectivity index (χ1n) is 10.4. The van der Waals surface area contributed by atoms with Crippen LogP contribution in [0.15, 0.2) is 73.1 Å². The molecule has 2 heterocycles. The predicted octanol–water partition coefficient (Wildman–Crippen LogP) is 3.42. The maximum absolute atomic E-state index is 11.7. The SMILES string of the molecule is CCS(=O)(=O)Nc1ccc(C#Cc2ccc(-c3cc(CNN)c4cnccc4n3)cc2)cc1. The van der Waals surface area contributed by atoms with Crippen LogP contribution < -0.4 is 16.0 Å². The number of nitrogens with one attached hydrogen (secondary N) is 2. The molecule has 0 atom stereocenters. The molecule has 4 N–H and O–H groups in total. The second-order valence-electron chi connectivity index (χ2n) is 7.35. The standard InChI is InChI=1S/C25H23N5O2S/c1-2-33(31,32)30-22-11-7-19(8-12-22)4-3-18-5-9-20(10-6-18)25-15-21(16-28-26)23-17-27-14-13-24(23)29-25/h5-15,17,28,30H,2,16,26H2,1H3. The Balaban J connectivity index is 1.54. The van der Waals surface area contributed by atoms with Gasteiger partial charge in [0.25, 0.3) is 0 Å². The molecule has 2 aromatic carbocycles. The van der Waals surface area contributed by atoms with Crippen LogP contribution in [-0.2, 0) is 16.6 Å². The number of nitrogens with two attached hydrogens (primary N) is 1. The lowest BCUT2D eigenvalue weighted by Gasteiger charge is -2.09. The summed E-state index contributed by atoms with van der Waals surface area (Å²) in [6.07, 6.45) is 3.52. The van der Waals surface area contributed by atoms with Crippen LogP contribution in [0.4, 0.5) is 5.69 Å². The van der Waals surface area contributed by atoms with E-state index in [4.69, 9.17) is 10.8 Å². The van der Waals surface area contributed by atoms with Crippen molar-refractivity contribution < 1.29 is 8.42 Å². The first-order chi connectivity index (χ1) is 16.0. The molecular weight excluding hydrogens is 434 g/mol. The fourth-order valence-corrected chi connectivity index (χ4v) is 3.92. The van der Waals surface area contributed by atoms with E-state index in [9.17, 15) is 8.42 Å². The number of benzene rings is 2. The highest BCUT2D eigenvalue weighted by Gasteiger charge is 2.08. The van der Waals surface area contributed by atoms with E-state index in [1.165, 1.54) is 0 Å². The van der Waals surface area contributed by atoms with Gasteiger partial charge >= 0.3 is 0 Å². The van der Waals surface area contributed by atoms with Crippen LogP contribution in [-0.4, -0.2) is 24.1 Å². The predicted molar refractivity (Wildman–Crippen MR) is 132 cm³/mol. The van der Waals surface area contributed by atoms with Crippen molar-refractivity contribution >= 4 is 26.6 Å². The third-order valence-corrected chi connectivity index (χ3v) is 6.37. The summed E-state index contributed by atoms with van der Waals surface area (Å²) < 4.78 is 25.8. The van der Waals surface area contributed by atoms with Crippen molar-refractivity contribution in [1.29, 1.82) is 0 Å². The van der Waals surface area contributed by atoms with Gasteiger partial charge in [-0.15, -0.1) is 0 Å².